The molecule has 1 aliphatic heterocycles. The SMILES string of the molecule is COc1cc(/C=C2/NC(=O)N(Cc3ccccc3F)C2=O)c(Br)cc1O. The van der Waals surface area contributed by atoms with Crippen LogP contribution in [0.1, 0.15) is 11.1 Å². The van der Waals surface area contributed by atoms with Crippen LogP contribution in [0.4, 0.5) is 9.18 Å². The number of carbonyl (C=O) groups is 2. The molecule has 6 nitrogen and oxygen atoms in total. The molecule has 8 heteroatoms. The van der Waals surface area contributed by atoms with E-state index in [0.29, 0.717) is 10.0 Å². The second kappa shape index (κ2) is 7.17. The van der Waals surface area contributed by atoms with Crippen molar-refractivity contribution in [2.75, 3.05) is 7.11 Å². The second-order valence-electron chi connectivity index (χ2n) is 5.52. The van der Waals surface area contributed by atoms with Gasteiger partial charge in [-0.2, -0.15) is 0 Å². The lowest BCUT2D eigenvalue weighted by Gasteiger charge is -2.12. The van der Waals surface area contributed by atoms with Gasteiger partial charge in [0.1, 0.15) is 11.5 Å². The zero-order chi connectivity index (χ0) is 18.8. The number of phenols is 1. The summed E-state index contributed by atoms with van der Waals surface area (Å²) in [7, 11) is 1.40. The van der Waals surface area contributed by atoms with E-state index in [1.165, 1.54) is 43.5 Å². The van der Waals surface area contributed by atoms with Gasteiger partial charge in [-0.3, -0.25) is 9.69 Å². The van der Waals surface area contributed by atoms with Gasteiger partial charge in [0.15, 0.2) is 11.5 Å². The average molecular weight is 421 g/mol. The van der Waals surface area contributed by atoms with Crippen molar-refractivity contribution >= 4 is 33.9 Å². The zero-order valence-electron chi connectivity index (χ0n) is 13.6. The number of hydrogen-bond acceptors (Lipinski definition) is 4. The Hall–Kier alpha value is -2.87. The molecule has 0 aromatic heterocycles. The van der Waals surface area contributed by atoms with Crippen molar-refractivity contribution in [1.29, 1.82) is 0 Å². The van der Waals surface area contributed by atoms with Gasteiger partial charge in [-0.05, 0) is 29.8 Å². The number of halogens is 2. The van der Waals surface area contributed by atoms with Crippen LogP contribution in [0, 0.1) is 5.82 Å². The third kappa shape index (κ3) is 3.41. The fourth-order valence-corrected chi connectivity index (χ4v) is 2.95. The van der Waals surface area contributed by atoms with E-state index in [-0.39, 0.29) is 29.3 Å². The van der Waals surface area contributed by atoms with Gasteiger partial charge in [0.05, 0.1) is 13.7 Å². The van der Waals surface area contributed by atoms with Crippen LogP contribution < -0.4 is 10.1 Å². The predicted octanol–water partition coefficient (Wildman–Crippen LogP) is 3.40. The number of amides is 3. The number of rotatable bonds is 4. The number of aromatic hydroxyl groups is 1. The van der Waals surface area contributed by atoms with Crippen LogP contribution in [0.5, 0.6) is 11.5 Å². The summed E-state index contributed by atoms with van der Waals surface area (Å²) in [5.74, 6) is -0.904. The highest BCUT2D eigenvalue weighted by Gasteiger charge is 2.34. The lowest BCUT2D eigenvalue weighted by atomic mass is 10.1. The number of hydrogen-bond donors (Lipinski definition) is 2. The van der Waals surface area contributed by atoms with E-state index in [1.54, 1.807) is 6.07 Å². The molecule has 0 unspecified atom stereocenters. The van der Waals surface area contributed by atoms with Crippen molar-refractivity contribution in [3.05, 3.63) is 63.5 Å². The molecule has 1 saturated heterocycles. The van der Waals surface area contributed by atoms with Gasteiger partial charge in [-0.15, -0.1) is 0 Å². The minimum atomic E-state index is -0.633. The van der Waals surface area contributed by atoms with Gasteiger partial charge in [0.25, 0.3) is 5.91 Å². The number of nitrogens with one attached hydrogen (secondary N) is 1. The predicted molar refractivity (Wildman–Crippen MR) is 95.8 cm³/mol. The molecule has 2 aromatic rings. The number of urea groups is 1. The molecule has 1 fully saturated rings. The molecule has 2 N–H and O–H groups in total. The number of phenolic OH excluding ortho intramolecular Hbond substituents is 1. The van der Waals surface area contributed by atoms with E-state index in [9.17, 15) is 19.1 Å². The Morgan fingerprint density at radius 2 is 2.04 bits per heavy atom. The summed E-state index contributed by atoms with van der Waals surface area (Å²) in [6, 6.07) is 8.25. The lowest BCUT2D eigenvalue weighted by Crippen LogP contribution is -2.30. The molecule has 0 aliphatic carbocycles. The van der Waals surface area contributed by atoms with E-state index in [1.807, 2.05) is 0 Å². The van der Waals surface area contributed by atoms with Crippen molar-refractivity contribution in [2.45, 2.75) is 6.54 Å². The maximum Gasteiger partial charge on any atom is 0.329 e. The van der Waals surface area contributed by atoms with Gasteiger partial charge in [0.2, 0.25) is 0 Å². The molecule has 0 radical (unpaired) electrons. The summed E-state index contributed by atoms with van der Waals surface area (Å²) >= 11 is 3.28. The summed E-state index contributed by atoms with van der Waals surface area (Å²) < 4.78 is 19.3. The van der Waals surface area contributed by atoms with Crippen LogP contribution in [-0.4, -0.2) is 29.1 Å². The van der Waals surface area contributed by atoms with Crippen molar-refractivity contribution in [3.8, 4) is 11.5 Å². The number of benzene rings is 2. The van der Waals surface area contributed by atoms with Gasteiger partial charge in [-0.1, -0.05) is 34.1 Å². The highest BCUT2D eigenvalue weighted by atomic mass is 79.9. The Labute approximate surface area is 157 Å². The van der Waals surface area contributed by atoms with E-state index >= 15 is 0 Å². The molecule has 134 valence electrons. The van der Waals surface area contributed by atoms with Crippen LogP contribution in [-0.2, 0) is 11.3 Å². The molecular weight excluding hydrogens is 407 g/mol. The monoisotopic (exact) mass is 420 g/mol. The molecule has 0 saturated carbocycles. The second-order valence-corrected chi connectivity index (χ2v) is 6.37. The molecular formula is C18H14BrFN2O4. The smallest absolute Gasteiger partial charge is 0.329 e. The number of ether oxygens (including phenoxy) is 1. The van der Waals surface area contributed by atoms with Gasteiger partial charge in [-0.25, -0.2) is 9.18 Å². The minimum absolute atomic E-state index is 0.0415. The highest BCUT2D eigenvalue weighted by molar-refractivity contribution is 9.10. The standard InChI is InChI=1S/C18H14BrFN2O4/c1-26-16-7-11(12(19)8-15(16)23)6-14-17(24)22(18(25)21-14)9-10-4-2-3-5-13(10)20/h2-8,23H,9H2,1H3,(H,21,25)/b14-6+. The fourth-order valence-electron chi connectivity index (χ4n) is 2.50. The number of methoxy groups -OCH3 is 1. The highest BCUT2D eigenvalue weighted by Crippen LogP contribution is 2.33. The Morgan fingerprint density at radius 1 is 1.31 bits per heavy atom. The number of nitrogens with zero attached hydrogens (tertiary/aromatic N) is 1. The summed E-state index contributed by atoms with van der Waals surface area (Å²) in [5.41, 5.74) is 0.806. The Bertz CT molecular complexity index is 929. The van der Waals surface area contributed by atoms with Crippen LogP contribution in [0.15, 0.2) is 46.6 Å². The summed E-state index contributed by atoms with van der Waals surface area (Å²) in [6.07, 6.45) is 1.45. The van der Waals surface area contributed by atoms with Crippen molar-refractivity contribution in [3.63, 3.8) is 0 Å². The van der Waals surface area contributed by atoms with Crippen LogP contribution in [0.2, 0.25) is 0 Å². The molecule has 0 atom stereocenters. The maximum atomic E-state index is 13.8. The summed E-state index contributed by atoms with van der Waals surface area (Å²) in [6.45, 7) is -0.172. The number of imide groups is 1. The quantitative estimate of drug-likeness (QED) is 0.586. The molecule has 1 aliphatic rings. The number of carbonyl (C=O) groups excluding carboxylic acids is 2. The lowest BCUT2D eigenvalue weighted by molar-refractivity contribution is -0.123. The fraction of sp³-hybridized carbons (Fsp3) is 0.111. The molecule has 0 spiro atoms. The van der Waals surface area contributed by atoms with Gasteiger partial charge < -0.3 is 15.2 Å². The van der Waals surface area contributed by atoms with E-state index in [0.717, 1.165) is 4.90 Å². The third-order valence-corrected chi connectivity index (χ3v) is 4.53. The molecule has 3 amide bonds. The molecule has 0 bridgehead atoms. The third-order valence-electron chi connectivity index (χ3n) is 3.85. The van der Waals surface area contributed by atoms with Gasteiger partial charge >= 0.3 is 6.03 Å². The Balaban J connectivity index is 1.89. The first-order valence-corrected chi connectivity index (χ1v) is 8.34. The van der Waals surface area contributed by atoms with Crippen molar-refractivity contribution < 1.29 is 23.8 Å². The van der Waals surface area contributed by atoms with Crippen molar-refractivity contribution in [2.24, 2.45) is 0 Å². The van der Waals surface area contributed by atoms with E-state index < -0.39 is 17.8 Å². The average Bonchev–Trinajstić information content (AvgIpc) is 2.86. The van der Waals surface area contributed by atoms with Crippen LogP contribution >= 0.6 is 15.9 Å². The molecule has 3 rings (SSSR count). The first-order chi connectivity index (χ1) is 12.4. The maximum absolute atomic E-state index is 13.8. The summed E-state index contributed by atoms with van der Waals surface area (Å²) in [5, 5.41) is 12.2. The first kappa shape index (κ1) is 17.9. The normalized spacial score (nSPS) is 15.5. The molecule has 1 heterocycles. The zero-order valence-corrected chi connectivity index (χ0v) is 15.2. The van der Waals surface area contributed by atoms with Gasteiger partial charge in [0, 0.05) is 10.0 Å². The van der Waals surface area contributed by atoms with Crippen LogP contribution in [0.25, 0.3) is 6.08 Å². The molecule has 26 heavy (non-hydrogen) atoms. The van der Waals surface area contributed by atoms with Crippen LogP contribution in [0.3, 0.4) is 0 Å². The van der Waals surface area contributed by atoms with E-state index in [2.05, 4.69) is 21.2 Å². The molecule has 2 aromatic carbocycles. The topological polar surface area (TPSA) is 78.9 Å². The minimum Gasteiger partial charge on any atom is -0.504 e. The van der Waals surface area contributed by atoms with Crippen molar-refractivity contribution in [1.82, 2.24) is 10.2 Å². The summed E-state index contributed by atoms with van der Waals surface area (Å²) in [4.78, 5) is 25.6. The Kier molecular flexibility index (Phi) is 4.94. The first-order valence-electron chi connectivity index (χ1n) is 7.55. The largest absolute Gasteiger partial charge is 0.504 e. The van der Waals surface area contributed by atoms with E-state index in [4.69, 9.17) is 4.74 Å². The Morgan fingerprint density at radius 3 is 2.73 bits per heavy atom.